The number of carbonyl (C=O) groups excluding carboxylic acids is 1. The van der Waals surface area contributed by atoms with E-state index in [4.69, 9.17) is 0 Å². The Hall–Kier alpha value is -2.53. The van der Waals surface area contributed by atoms with Gasteiger partial charge < -0.3 is 10.1 Å². The van der Waals surface area contributed by atoms with Gasteiger partial charge in [0.2, 0.25) is 0 Å². The summed E-state index contributed by atoms with van der Waals surface area (Å²) in [5, 5.41) is 33.4. The van der Waals surface area contributed by atoms with Crippen LogP contribution in [0.3, 0.4) is 0 Å². The minimum atomic E-state index is -3.57. The highest BCUT2D eigenvalue weighted by molar-refractivity contribution is 5.66. The Morgan fingerprint density at radius 3 is 1.94 bits per heavy atom. The Kier molecular flexibility index (Phi) is 5.39. The molecule has 0 rings (SSSR count). The second-order valence-electron chi connectivity index (χ2n) is 2.94. The van der Waals surface area contributed by atoms with E-state index in [0.29, 0.717) is 0 Å². The lowest BCUT2D eigenvalue weighted by atomic mass is 10.2. The van der Waals surface area contributed by atoms with Crippen LogP contribution >= 0.6 is 0 Å². The molecule has 0 heterocycles. The number of hydrogen-bond donors (Lipinski definition) is 1. The predicted octanol–water partition coefficient (Wildman–Crippen LogP) is -0.393. The highest BCUT2D eigenvalue weighted by Crippen LogP contribution is 2.16. The molecule has 12 heteroatoms. The molecule has 0 saturated heterocycles. The lowest BCUT2D eigenvalue weighted by Gasteiger charge is -2.09. The van der Waals surface area contributed by atoms with Gasteiger partial charge in [0, 0.05) is 6.54 Å². The lowest BCUT2D eigenvalue weighted by Crippen LogP contribution is -2.54. The fourth-order valence-corrected chi connectivity index (χ4v) is 0.988. The Labute approximate surface area is 99.3 Å². The van der Waals surface area contributed by atoms with Gasteiger partial charge in [0.05, 0.1) is 6.61 Å². The van der Waals surface area contributed by atoms with Crippen molar-refractivity contribution in [2.75, 3.05) is 13.2 Å². The molecular formula is C6H10N4O8. The summed E-state index contributed by atoms with van der Waals surface area (Å²) < 4.78 is 4.38. The van der Waals surface area contributed by atoms with Gasteiger partial charge in [0.1, 0.15) is 0 Å². The van der Waals surface area contributed by atoms with E-state index >= 15 is 0 Å². The zero-order valence-electron chi connectivity index (χ0n) is 9.23. The minimum absolute atomic E-state index is 0.0245. The Morgan fingerprint density at radius 1 is 1.17 bits per heavy atom. The lowest BCUT2D eigenvalue weighted by molar-refractivity contribution is -0.970. The number of nitrogens with zero attached hydrogens (tertiary/aromatic N) is 3. The van der Waals surface area contributed by atoms with Crippen LogP contribution < -0.4 is 5.32 Å². The molecular weight excluding hydrogens is 256 g/mol. The number of rotatable bonds is 7. The van der Waals surface area contributed by atoms with Gasteiger partial charge in [-0.1, -0.05) is 0 Å². The third-order valence-electron chi connectivity index (χ3n) is 1.88. The van der Waals surface area contributed by atoms with E-state index in [-0.39, 0.29) is 6.61 Å². The van der Waals surface area contributed by atoms with Crippen LogP contribution in [0.5, 0.6) is 0 Å². The summed E-state index contributed by atoms with van der Waals surface area (Å²) in [6, 6.07) is 0. The summed E-state index contributed by atoms with van der Waals surface area (Å²) in [5.74, 6) is -3.57. The molecule has 1 N–H and O–H groups in total. The quantitative estimate of drug-likeness (QED) is 0.369. The van der Waals surface area contributed by atoms with Crippen molar-refractivity contribution in [2.24, 2.45) is 0 Å². The van der Waals surface area contributed by atoms with Crippen LogP contribution in [0.15, 0.2) is 0 Å². The summed E-state index contributed by atoms with van der Waals surface area (Å²) in [6.45, 7) is 0.882. The van der Waals surface area contributed by atoms with Gasteiger partial charge in [-0.15, -0.1) is 0 Å². The number of ether oxygens (including phenoxy) is 1. The van der Waals surface area contributed by atoms with Crippen molar-refractivity contribution in [1.29, 1.82) is 0 Å². The van der Waals surface area contributed by atoms with E-state index in [1.165, 1.54) is 6.92 Å². The summed E-state index contributed by atoms with van der Waals surface area (Å²) in [6.07, 6.45) is -2.07. The minimum Gasteiger partial charge on any atom is -0.450 e. The largest absolute Gasteiger partial charge is 0.701 e. The second-order valence-corrected chi connectivity index (χ2v) is 2.94. The molecule has 18 heavy (non-hydrogen) atoms. The average Bonchev–Trinajstić information content (AvgIpc) is 2.23. The maximum Gasteiger partial charge on any atom is 0.701 e. The number of alkyl carbamates (subject to hydrolysis) is 1. The number of carbonyl (C=O) groups is 1. The van der Waals surface area contributed by atoms with Crippen molar-refractivity contribution in [3.05, 3.63) is 30.3 Å². The van der Waals surface area contributed by atoms with Crippen molar-refractivity contribution in [3.8, 4) is 0 Å². The van der Waals surface area contributed by atoms with Gasteiger partial charge in [-0.3, -0.25) is 30.3 Å². The van der Waals surface area contributed by atoms with Crippen molar-refractivity contribution in [1.82, 2.24) is 5.32 Å². The molecule has 0 aliphatic carbocycles. The maximum atomic E-state index is 10.8. The fourth-order valence-electron chi connectivity index (χ4n) is 0.988. The SMILES string of the molecule is CCOC(=O)NCCC([N+](=O)[O-])([N+](=O)[O-])[N+](=O)[O-]. The van der Waals surface area contributed by atoms with Gasteiger partial charge in [0.15, 0.2) is 21.2 Å². The molecule has 1 amide bonds. The zero-order valence-corrected chi connectivity index (χ0v) is 9.23. The van der Waals surface area contributed by atoms with Crippen molar-refractivity contribution < 1.29 is 24.3 Å². The Balaban J connectivity index is 4.73. The third kappa shape index (κ3) is 3.23. The van der Waals surface area contributed by atoms with E-state index in [2.05, 4.69) is 4.74 Å². The highest BCUT2D eigenvalue weighted by atomic mass is 16.7. The van der Waals surface area contributed by atoms with Gasteiger partial charge in [-0.05, 0) is 6.92 Å². The number of nitrogens with one attached hydrogen (secondary N) is 1. The molecule has 0 radical (unpaired) electrons. The van der Waals surface area contributed by atoms with E-state index in [9.17, 15) is 35.1 Å². The van der Waals surface area contributed by atoms with Crippen LogP contribution in [0, 0.1) is 30.3 Å². The zero-order chi connectivity index (χ0) is 14.3. The number of amides is 1. The van der Waals surface area contributed by atoms with Crippen LogP contribution in [-0.2, 0) is 4.74 Å². The summed E-state index contributed by atoms with van der Waals surface area (Å²) in [4.78, 5) is 37.4. The van der Waals surface area contributed by atoms with Crippen molar-refractivity contribution in [3.63, 3.8) is 0 Å². The van der Waals surface area contributed by atoms with Gasteiger partial charge in [-0.2, -0.15) is 0 Å². The number of nitro groups is 3. The molecule has 0 aromatic rings. The van der Waals surface area contributed by atoms with E-state index in [0.717, 1.165) is 0 Å². The van der Waals surface area contributed by atoms with Crippen LogP contribution in [-0.4, -0.2) is 39.8 Å². The standard InChI is InChI=1S/C6H10N4O8/c1-2-18-5(11)7-4-3-6(8(12)13,9(14)15)10(16)17/h2-4H2,1H3,(H,7,11). The first-order chi connectivity index (χ1) is 8.28. The van der Waals surface area contributed by atoms with Crippen LogP contribution in [0.25, 0.3) is 0 Å². The smallest absolute Gasteiger partial charge is 0.450 e. The first-order valence-electron chi connectivity index (χ1n) is 4.63. The Morgan fingerprint density at radius 2 is 1.61 bits per heavy atom. The summed E-state index contributed by atoms with van der Waals surface area (Å²) >= 11 is 0. The van der Waals surface area contributed by atoms with Crippen LogP contribution in [0.4, 0.5) is 4.79 Å². The molecule has 0 aromatic carbocycles. The fraction of sp³-hybridized carbons (Fsp3) is 0.833. The molecule has 0 unspecified atom stereocenters. The van der Waals surface area contributed by atoms with E-state index < -0.39 is 39.6 Å². The van der Waals surface area contributed by atoms with Gasteiger partial charge >= 0.3 is 11.9 Å². The topological polar surface area (TPSA) is 168 Å². The van der Waals surface area contributed by atoms with Crippen LogP contribution in [0.2, 0.25) is 0 Å². The highest BCUT2D eigenvalue weighted by Gasteiger charge is 2.69. The summed E-state index contributed by atoms with van der Waals surface area (Å²) in [7, 11) is 0. The monoisotopic (exact) mass is 266 g/mol. The molecule has 0 atom stereocenters. The Bertz CT molecular complexity index is 333. The first kappa shape index (κ1) is 15.5. The average molecular weight is 266 g/mol. The predicted molar refractivity (Wildman–Crippen MR) is 53.4 cm³/mol. The van der Waals surface area contributed by atoms with Gasteiger partial charge in [0.25, 0.3) is 0 Å². The van der Waals surface area contributed by atoms with Crippen LogP contribution in [0.1, 0.15) is 13.3 Å². The molecule has 0 aliphatic rings. The molecule has 0 bridgehead atoms. The van der Waals surface area contributed by atoms with E-state index in [1.54, 1.807) is 0 Å². The summed E-state index contributed by atoms with van der Waals surface area (Å²) in [5.41, 5.74) is 0. The maximum absolute atomic E-state index is 10.8. The van der Waals surface area contributed by atoms with Crippen molar-refractivity contribution >= 4 is 6.09 Å². The van der Waals surface area contributed by atoms with Crippen molar-refractivity contribution in [2.45, 2.75) is 19.1 Å². The molecule has 0 aliphatic heterocycles. The number of hydrogen-bond acceptors (Lipinski definition) is 8. The first-order valence-corrected chi connectivity index (χ1v) is 4.63. The molecule has 0 aromatic heterocycles. The molecule has 12 nitrogen and oxygen atoms in total. The third-order valence-corrected chi connectivity index (χ3v) is 1.88. The molecule has 102 valence electrons. The van der Waals surface area contributed by atoms with E-state index in [1.807, 2.05) is 5.32 Å². The molecule has 0 saturated carbocycles. The molecule has 0 fully saturated rings. The molecule has 0 spiro atoms. The van der Waals surface area contributed by atoms with Gasteiger partial charge in [-0.25, -0.2) is 4.79 Å². The normalized spacial score (nSPS) is 10.5. The second kappa shape index (κ2) is 6.27.